The molecule has 0 saturated carbocycles. The summed E-state index contributed by atoms with van der Waals surface area (Å²) in [4.78, 5) is 28.4. The number of aryl methyl sites for hydroxylation is 1. The third-order valence-electron chi connectivity index (χ3n) is 3.23. The van der Waals surface area contributed by atoms with Gasteiger partial charge in [0.15, 0.2) is 0 Å². The van der Waals surface area contributed by atoms with Crippen molar-refractivity contribution in [3.05, 3.63) is 45.4 Å². The van der Waals surface area contributed by atoms with E-state index in [9.17, 15) is 9.59 Å². The van der Waals surface area contributed by atoms with E-state index in [-0.39, 0.29) is 11.9 Å². The van der Waals surface area contributed by atoms with Gasteiger partial charge < -0.3 is 16.0 Å². The molecule has 0 bridgehead atoms. The summed E-state index contributed by atoms with van der Waals surface area (Å²) in [6, 6.07) is 3.34. The second kappa shape index (κ2) is 5.53. The molecule has 6 nitrogen and oxygen atoms in total. The molecule has 7 heteroatoms. The lowest BCUT2D eigenvalue weighted by Gasteiger charge is -2.07. The minimum Gasteiger partial charge on any atom is -0.348 e. The number of thiophene rings is 1. The van der Waals surface area contributed by atoms with Crippen molar-refractivity contribution in [2.45, 2.75) is 20.0 Å². The summed E-state index contributed by atoms with van der Waals surface area (Å²) in [7, 11) is 0. The van der Waals surface area contributed by atoms with Gasteiger partial charge in [-0.3, -0.25) is 9.78 Å². The number of nitrogens with one attached hydrogen (secondary N) is 3. The van der Waals surface area contributed by atoms with E-state index >= 15 is 0 Å². The van der Waals surface area contributed by atoms with Gasteiger partial charge in [0.05, 0.1) is 24.0 Å². The average molecular weight is 302 g/mol. The van der Waals surface area contributed by atoms with Crippen molar-refractivity contribution in [1.82, 2.24) is 15.6 Å². The van der Waals surface area contributed by atoms with Crippen LogP contribution in [0.3, 0.4) is 0 Å². The van der Waals surface area contributed by atoms with E-state index in [2.05, 4.69) is 20.9 Å². The van der Waals surface area contributed by atoms with Crippen LogP contribution in [0.25, 0.3) is 0 Å². The Kier molecular flexibility index (Phi) is 3.57. The highest BCUT2D eigenvalue weighted by Gasteiger charge is 2.23. The maximum Gasteiger partial charge on any atom is 0.319 e. The summed E-state index contributed by atoms with van der Waals surface area (Å²) in [6.07, 6.45) is 1.61. The molecular formula is C14H14N4O2S. The molecule has 2 aromatic rings. The van der Waals surface area contributed by atoms with Crippen LogP contribution in [0, 0.1) is 6.92 Å². The Morgan fingerprint density at radius 3 is 3.10 bits per heavy atom. The number of aromatic nitrogens is 1. The molecule has 0 aromatic carbocycles. The van der Waals surface area contributed by atoms with Gasteiger partial charge in [-0.1, -0.05) is 0 Å². The highest BCUT2D eigenvalue weighted by Crippen LogP contribution is 2.26. The minimum absolute atomic E-state index is 0.0392. The second-order valence-electron chi connectivity index (χ2n) is 4.73. The van der Waals surface area contributed by atoms with Crippen molar-refractivity contribution in [1.29, 1.82) is 0 Å². The SMILES string of the molecule is Cc1ccc(NC(=O)NCc2scc3c2CNC3=O)cn1. The van der Waals surface area contributed by atoms with Crippen LogP contribution in [-0.4, -0.2) is 16.9 Å². The largest absolute Gasteiger partial charge is 0.348 e. The third-order valence-corrected chi connectivity index (χ3v) is 4.26. The Bertz CT molecular complexity index is 693. The summed E-state index contributed by atoms with van der Waals surface area (Å²) >= 11 is 1.49. The number of pyridine rings is 1. The first kappa shape index (κ1) is 13.6. The zero-order chi connectivity index (χ0) is 14.8. The Labute approximate surface area is 125 Å². The summed E-state index contributed by atoms with van der Waals surface area (Å²) in [5.41, 5.74) is 3.25. The molecule has 0 atom stereocenters. The first-order valence-electron chi connectivity index (χ1n) is 6.48. The molecule has 0 spiro atoms. The highest BCUT2D eigenvalue weighted by molar-refractivity contribution is 7.10. The quantitative estimate of drug-likeness (QED) is 0.811. The topological polar surface area (TPSA) is 83.1 Å². The van der Waals surface area contributed by atoms with E-state index in [0.717, 1.165) is 21.7 Å². The lowest BCUT2D eigenvalue weighted by atomic mass is 10.2. The number of carbonyl (C=O) groups is 2. The number of anilines is 1. The van der Waals surface area contributed by atoms with Gasteiger partial charge in [-0.25, -0.2) is 4.79 Å². The van der Waals surface area contributed by atoms with Crippen LogP contribution >= 0.6 is 11.3 Å². The average Bonchev–Trinajstić information content (AvgIpc) is 3.03. The molecule has 0 unspecified atom stereocenters. The summed E-state index contributed by atoms with van der Waals surface area (Å²) in [6.45, 7) is 2.83. The maximum absolute atomic E-state index is 11.8. The number of hydrogen-bond acceptors (Lipinski definition) is 4. The number of urea groups is 1. The standard InChI is InChI=1S/C14H14N4O2S/c1-8-2-3-9(4-15-8)18-14(20)17-6-12-10-5-16-13(19)11(10)7-21-12/h2-4,7H,5-6H2,1H3,(H,16,19)(H2,17,18,20). The lowest BCUT2D eigenvalue weighted by molar-refractivity contribution is 0.0966. The Morgan fingerprint density at radius 1 is 1.48 bits per heavy atom. The first-order chi connectivity index (χ1) is 10.1. The van der Waals surface area contributed by atoms with Crippen molar-refractivity contribution >= 4 is 29.0 Å². The van der Waals surface area contributed by atoms with E-state index in [0.29, 0.717) is 18.8 Å². The van der Waals surface area contributed by atoms with Gasteiger partial charge in [0.25, 0.3) is 5.91 Å². The number of amides is 3. The molecule has 108 valence electrons. The first-order valence-corrected chi connectivity index (χ1v) is 7.36. The molecule has 0 fully saturated rings. The fourth-order valence-electron chi connectivity index (χ4n) is 2.10. The van der Waals surface area contributed by atoms with Gasteiger partial charge in [0.1, 0.15) is 0 Å². The molecule has 21 heavy (non-hydrogen) atoms. The number of hydrogen-bond donors (Lipinski definition) is 3. The Balaban J connectivity index is 1.58. The van der Waals surface area contributed by atoms with Crippen molar-refractivity contribution in [2.75, 3.05) is 5.32 Å². The van der Waals surface area contributed by atoms with Crippen LogP contribution in [0.5, 0.6) is 0 Å². The van der Waals surface area contributed by atoms with Crippen molar-refractivity contribution in [3.63, 3.8) is 0 Å². The molecule has 3 heterocycles. The van der Waals surface area contributed by atoms with Crippen molar-refractivity contribution in [3.8, 4) is 0 Å². The molecule has 3 rings (SSSR count). The molecule has 3 N–H and O–H groups in total. The summed E-state index contributed by atoms with van der Waals surface area (Å²) in [5.74, 6) is -0.0392. The third kappa shape index (κ3) is 2.87. The maximum atomic E-state index is 11.8. The molecule has 3 amide bonds. The van der Waals surface area contributed by atoms with Crippen LogP contribution in [0.4, 0.5) is 10.5 Å². The normalized spacial score (nSPS) is 12.7. The van der Waals surface area contributed by atoms with Crippen LogP contribution in [0.2, 0.25) is 0 Å². The molecule has 0 aliphatic carbocycles. The number of carbonyl (C=O) groups excluding carboxylic acids is 2. The zero-order valence-electron chi connectivity index (χ0n) is 11.4. The molecule has 0 saturated heterocycles. The zero-order valence-corrected chi connectivity index (χ0v) is 12.2. The number of nitrogens with zero attached hydrogens (tertiary/aromatic N) is 1. The van der Waals surface area contributed by atoms with Crippen LogP contribution in [0.15, 0.2) is 23.7 Å². The minimum atomic E-state index is -0.292. The monoisotopic (exact) mass is 302 g/mol. The molecule has 1 aliphatic rings. The van der Waals surface area contributed by atoms with Crippen LogP contribution < -0.4 is 16.0 Å². The Hall–Kier alpha value is -2.41. The van der Waals surface area contributed by atoms with Gasteiger partial charge in [-0.15, -0.1) is 11.3 Å². The fourth-order valence-corrected chi connectivity index (χ4v) is 3.09. The van der Waals surface area contributed by atoms with Crippen LogP contribution in [-0.2, 0) is 13.1 Å². The molecule has 1 aliphatic heterocycles. The predicted molar refractivity (Wildman–Crippen MR) is 80.3 cm³/mol. The molecule has 2 aromatic heterocycles. The van der Waals surface area contributed by atoms with Gasteiger partial charge >= 0.3 is 6.03 Å². The summed E-state index contributed by atoms with van der Waals surface area (Å²) in [5, 5.41) is 10.1. The van der Waals surface area contributed by atoms with Crippen molar-refractivity contribution in [2.24, 2.45) is 0 Å². The van der Waals surface area contributed by atoms with Gasteiger partial charge in [-0.05, 0) is 24.6 Å². The lowest BCUT2D eigenvalue weighted by Crippen LogP contribution is -2.28. The smallest absolute Gasteiger partial charge is 0.319 e. The van der Waals surface area contributed by atoms with E-state index in [1.807, 2.05) is 18.4 Å². The molecule has 0 radical (unpaired) electrons. The van der Waals surface area contributed by atoms with Gasteiger partial charge in [0.2, 0.25) is 0 Å². The van der Waals surface area contributed by atoms with E-state index in [1.54, 1.807) is 12.3 Å². The van der Waals surface area contributed by atoms with Gasteiger partial charge in [-0.2, -0.15) is 0 Å². The van der Waals surface area contributed by atoms with E-state index < -0.39 is 0 Å². The highest BCUT2D eigenvalue weighted by atomic mass is 32.1. The predicted octanol–water partition coefficient (Wildman–Crippen LogP) is 2.02. The Morgan fingerprint density at radius 2 is 2.33 bits per heavy atom. The number of rotatable bonds is 3. The summed E-state index contributed by atoms with van der Waals surface area (Å²) < 4.78 is 0. The van der Waals surface area contributed by atoms with Crippen LogP contribution in [0.1, 0.15) is 26.5 Å². The number of fused-ring (bicyclic) bond motifs is 1. The van der Waals surface area contributed by atoms with E-state index in [1.165, 1.54) is 11.3 Å². The molecular weight excluding hydrogens is 288 g/mol. The van der Waals surface area contributed by atoms with Gasteiger partial charge in [0, 0.05) is 22.5 Å². The fraction of sp³-hybridized carbons (Fsp3) is 0.214. The second-order valence-corrected chi connectivity index (χ2v) is 5.69. The van der Waals surface area contributed by atoms with Crippen molar-refractivity contribution < 1.29 is 9.59 Å². The van der Waals surface area contributed by atoms with E-state index in [4.69, 9.17) is 0 Å².